The molecule has 0 aromatic heterocycles. The highest BCUT2D eigenvalue weighted by Gasteiger charge is 2.36. The zero-order valence-electron chi connectivity index (χ0n) is 31.9. The summed E-state index contributed by atoms with van der Waals surface area (Å²) in [5.41, 5.74) is 6.74. The number of likely N-dealkylation sites (tertiary alicyclic amines) is 2. The predicted molar refractivity (Wildman–Crippen MR) is 219 cm³/mol. The van der Waals surface area contributed by atoms with Gasteiger partial charge in [0, 0.05) is 43.3 Å². The molecule has 3 heterocycles. The van der Waals surface area contributed by atoms with E-state index in [1.807, 2.05) is 84.9 Å². The lowest BCUT2D eigenvalue weighted by atomic mass is 9.97. The number of aliphatic hydroxyl groups is 1. The number of hydrogen-bond acceptors (Lipinski definition) is 7. The smallest absolute Gasteiger partial charge is 0.319 e. The topological polar surface area (TPSA) is 95.5 Å². The van der Waals surface area contributed by atoms with Crippen molar-refractivity contribution in [3.63, 3.8) is 0 Å². The molecule has 56 heavy (non-hydrogen) atoms. The summed E-state index contributed by atoms with van der Waals surface area (Å²) in [5, 5.41) is 15.6. The summed E-state index contributed by atoms with van der Waals surface area (Å²) in [6.45, 7) is 5.99. The third kappa shape index (κ3) is 9.67. The highest BCUT2D eigenvalue weighted by Crippen LogP contribution is 2.39. The number of rotatable bonds is 13. The van der Waals surface area contributed by atoms with Gasteiger partial charge < -0.3 is 34.9 Å². The minimum atomic E-state index is -0.510. The van der Waals surface area contributed by atoms with Gasteiger partial charge >= 0.3 is 6.03 Å². The van der Waals surface area contributed by atoms with Gasteiger partial charge in [0.25, 0.3) is 0 Å². The van der Waals surface area contributed by atoms with E-state index in [-0.39, 0.29) is 24.8 Å². The molecular weight excluding hydrogens is 701 g/mol. The lowest BCUT2D eigenvalue weighted by molar-refractivity contribution is -0.253. The zero-order chi connectivity index (χ0) is 38.1. The summed E-state index contributed by atoms with van der Waals surface area (Å²) >= 11 is 0. The molecule has 0 spiro atoms. The number of carbonyl (C=O) groups is 1. The van der Waals surface area contributed by atoms with Crippen molar-refractivity contribution in [1.29, 1.82) is 0 Å². The van der Waals surface area contributed by atoms with Crippen LogP contribution in [0.4, 0.5) is 10.5 Å². The van der Waals surface area contributed by atoms with Gasteiger partial charge in [0.2, 0.25) is 0 Å². The van der Waals surface area contributed by atoms with Crippen molar-refractivity contribution in [2.24, 2.45) is 0 Å². The molecule has 3 fully saturated rings. The standard InChI is InChI=1S/C47H52N4O5/c52-33-34-14-16-36(17-15-34)45-29-43(32-51-28-8-10-40(51)31-50-26-6-7-27-50)55-46(56-45)37-20-18-35(19-21-37)44-13-5-4-9-38(44)30-48-47(53)49-39-22-24-42(25-23-39)54-41-11-2-1-3-12-41/h1-5,9,11-25,40,43,45-46,52H,6-8,10,26-33H2,(H2,48,49,53)/t40-,43-,45+,46+/m0/s1. The second kappa shape index (κ2) is 18.3. The molecule has 8 rings (SSSR count). The molecule has 5 aromatic rings. The SMILES string of the molecule is O=C(NCc1ccccc1-c1ccc([C@@H]2O[C@H](CN3CCC[C@H]3CN3CCCC3)C[C@H](c3ccc(CO)cc3)O2)cc1)Nc1ccc(Oc2ccccc2)cc1. The van der Waals surface area contributed by atoms with E-state index in [1.165, 1.54) is 38.8 Å². The Kier molecular flexibility index (Phi) is 12.4. The second-order valence-electron chi connectivity index (χ2n) is 15.2. The van der Waals surface area contributed by atoms with Crippen LogP contribution in [-0.2, 0) is 22.6 Å². The van der Waals surface area contributed by atoms with Crippen LogP contribution in [0.1, 0.15) is 66.8 Å². The Morgan fingerprint density at radius 1 is 0.732 bits per heavy atom. The molecule has 0 bridgehead atoms. The van der Waals surface area contributed by atoms with Gasteiger partial charge in [0.1, 0.15) is 11.5 Å². The summed E-state index contributed by atoms with van der Waals surface area (Å²) in [6.07, 6.45) is 5.28. The van der Waals surface area contributed by atoms with Crippen LogP contribution in [0.5, 0.6) is 11.5 Å². The van der Waals surface area contributed by atoms with E-state index >= 15 is 0 Å². The minimum absolute atomic E-state index is 0.0206. The maximum absolute atomic E-state index is 12.9. The first-order chi connectivity index (χ1) is 27.6. The van der Waals surface area contributed by atoms with Crippen molar-refractivity contribution >= 4 is 11.7 Å². The third-order valence-corrected chi connectivity index (χ3v) is 11.3. The number of urea groups is 1. The Morgan fingerprint density at radius 2 is 1.45 bits per heavy atom. The highest BCUT2D eigenvalue weighted by molar-refractivity contribution is 5.89. The van der Waals surface area contributed by atoms with Crippen LogP contribution >= 0.6 is 0 Å². The molecule has 3 N–H and O–H groups in total. The Morgan fingerprint density at radius 3 is 2.21 bits per heavy atom. The lowest BCUT2D eigenvalue weighted by Crippen LogP contribution is -2.45. The summed E-state index contributed by atoms with van der Waals surface area (Å²) in [5.74, 6) is 1.45. The average Bonchev–Trinajstić information content (AvgIpc) is 3.93. The van der Waals surface area contributed by atoms with Crippen molar-refractivity contribution < 1.29 is 24.1 Å². The molecule has 9 nitrogen and oxygen atoms in total. The first-order valence-electron chi connectivity index (χ1n) is 20.1. The Bertz CT molecular complexity index is 2000. The van der Waals surface area contributed by atoms with Crippen molar-refractivity contribution in [3.05, 3.63) is 150 Å². The van der Waals surface area contributed by atoms with E-state index < -0.39 is 6.29 Å². The first kappa shape index (κ1) is 37.9. The van der Waals surface area contributed by atoms with Gasteiger partial charge in [-0.2, -0.15) is 0 Å². The number of nitrogens with zero attached hydrogens (tertiary/aromatic N) is 2. The van der Waals surface area contributed by atoms with Crippen molar-refractivity contribution in [1.82, 2.24) is 15.1 Å². The van der Waals surface area contributed by atoms with Crippen LogP contribution in [0.2, 0.25) is 0 Å². The molecule has 3 saturated heterocycles. The van der Waals surface area contributed by atoms with Gasteiger partial charge in [-0.3, -0.25) is 4.90 Å². The molecule has 0 saturated carbocycles. The Labute approximate surface area is 330 Å². The molecule has 3 aliphatic rings. The summed E-state index contributed by atoms with van der Waals surface area (Å²) in [4.78, 5) is 18.2. The van der Waals surface area contributed by atoms with Crippen LogP contribution in [0.15, 0.2) is 127 Å². The van der Waals surface area contributed by atoms with Gasteiger partial charge in [-0.15, -0.1) is 0 Å². The van der Waals surface area contributed by atoms with Gasteiger partial charge in [0.05, 0.1) is 18.8 Å². The van der Waals surface area contributed by atoms with Crippen LogP contribution < -0.4 is 15.4 Å². The molecule has 2 amide bonds. The third-order valence-electron chi connectivity index (χ3n) is 11.3. The van der Waals surface area contributed by atoms with E-state index in [0.717, 1.165) is 65.2 Å². The molecule has 290 valence electrons. The average molecular weight is 753 g/mol. The van der Waals surface area contributed by atoms with E-state index in [2.05, 4.69) is 62.9 Å². The quantitative estimate of drug-likeness (QED) is 0.111. The number of ether oxygens (including phenoxy) is 3. The highest BCUT2D eigenvalue weighted by atomic mass is 16.7. The van der Waals surface area contributed by atoms with Crippen LogP contribution in [0.25, 0.3) is 11.1 Å². The molecule has 0 unspecified atom stereocenters. The zero-order valence-corrected chi connectivity index (χ0v) is 31.9. The summed E-state index contributed by atoms with van der Waals surface area (Å²) in [6, 6.07) is 41.9. The largest absolute Gasteiger partial charge is 0.457 e. The molecule has 5 aromatic carbocycles. The fraction of sp³-hybridized carbons (Fsp3) is 0.340. The Balaban J connectivity index is 0.919. The number of para-hydroxylation sites is 1. The maximum Gasteiger partial charge on any atom is 0.319 e. The normalized spacial score (nSPS) is 21.5. The Hall–Kier alpha value is -5.03. The van der Waals surface area contributed by atoms with Crippen molar-refractivity contribution in [2.75, 3.05) is 38.0 Å². The molecule has 0 radical (unpaired) electrons. The number of benzene rings is 5. The fourth-order valence-corrected chi connectivity index (χ4v) is 8.26. The van der Waals surface area contributed by atoms with Gasteiger partial charge in [-0.25, -0.2) is 4.79 Å². The summed E-state index contributed by atoms with van der Waals surface area (Å²) in [7, 11) is 0. The van der Waals surface area contributed by atoms with Crippen LogP contribution in [-0.4, -0.2) is 65.8 Å². The molecule has 3 aliphatic heterocycles. The van der Waals surface area contributed by atoms with E-state index in [1.54, 1.807) is 0 Å². The fourth-order valence-electron chi connectivity index (χ4n) is 8.26. The number of carbonyl (C=O) groups excluding carboxylic acids is 1. The van der Waals surface area contributed by atoms with Crippen molar-refractivity contribution in [2.45, 2.75) is 69.8 Å². The predicted octanol–water partition coefficient (Wildman–Crippen LogP) is 9.07. The molecular formula is C47H52N4O5. The molecule has 0 aliphatic carbocycles. The van der Waals surface area contributed by atoms with E-state index in [0.29, 0.717) is 24.0 Å². The second-order valence-corrected chi connectivity index (χ2v) is 15.2. The van der Waals surface area contributed by atoms with E-state index in [9.17, 15) is 9.90 Å². The summed E-state index contributed by atoms with van der Waals surface area (Å²) < 4.78 is 19.4. The number of nitrogens with one attached hydrogen (secondary N) is 2. The monoisotopic (exact) mass is 752 g/mol. The molecule has 4 atom stereocenters. The van der Waals surface area contributed by atoms with Crippen LogP contribution in [0.3, 0.4) is 0 Å². The minimum Gasteiger partial charge on any atom is -0.457 e. The van der Waals surface area contributed by atoms with E-state index in [4.69, 9.17) is 14.2 Å². The van der Waals surface area contributed by atoms with Gasteiger partial charge in [0.15, 0.2) is 6.29 Å². The van der Waals surface area contributed by atoms with Gasteiger partial charge in [-0.05, 0) is 110 Å². The number of amides is 2. The first-order valence-corrected chi connectivity index (χ1v) is 20.1. The number of aliphatic hydroxyl groups excluding tert-OH is 1. The number of hydrogen-bond donors (Lipinski definition) is 3. The van der Waals surface area contributed by atoms with Crippen molar-refractivity contribution in [3.8, 4) is 22.6 Å². The van der Waals surface area contributed by atoms with Crippen LogP contribution in [0, 0.1) is 0 Å². The van der Waals surface area contributed by atoms with Gasteiger partial charge in [-0.1, -0.05) is 91.0 Å². The molecule has 9 heteroatoms. The number of anilines is 1. The maximum atomic E-state index is 12.9. The lowest BCUT2D eigenvalue weighted by Gasteiger charge is -2.39.